The van der Waals surface area contributed by atoms with E-state index in [1.165, 1.54) is 19.4 Å². The molecule has 0 bridgehead atoms. The molecule has 2 rings (SSSR count). The molecule has 0 N–H and O–H groups in total. The Hall–Kier alpha value is -0.380. The van der Waals surface area contributed by atoms with Crippen LogP contribution in [0.2, 0.25) is 0 Å². The van der Waals surface area contributed by atoms with Crippen molar-refractivity contribution in [2.75, 3.05) is 26.8 Å². The zero-order valence-corrected chi connectivity index (χ0v) is 10.3. The van der Waals surface area contributed by atoms with Gasteiger partial charge in [-0.25, -0.2) is 0 Å². The molecule has 0 aromatic carbocycles. The second-order valence-corrected chi connectivity index (χ2v) is 5.00. The van der Waals surface area contributed by atoms with E-state index < -0.39 is 0 Å². The molecule has 3 heteroatoms. The smallest absolute Gasteiger partial charge is 0.0589 e. The van der Waals surface area contributed by atoms with E-state index in [0.29, 0.717) is 6.04 Å². The minimum Gasteiger partial charge on any atom is -0.383 e. The topological polar surface area (TPSA) is 12.5 Å². The third kappa shape index (κ3) is 2.25. The van der Waals surface area contributed by atoms with Gasteiger partial charge < -0.3 is 4.74 Å². The molecule has 1 aliphatic heterocycles. The van der Waals surface area contributed by atoms with Crippen LogP contribution in [0.5, 0.6) is 0 Å². The Bertz CT molecular complexity index is 310. The number of hydrogen-bond donors (Lipinski definition) is 0. The van der Waals surface area contributed by atoms with Crippen LogP contribution in [-0.2, 0) is 11.2 Å². The average molecular weight is 225 g/mol. The number of ether oxygens (including phenoxy) is 1. The highest BCUT2D eigenvalue weighted by Gasteiger charge is 2.26. The second-order valence-electron chi connectivity index (χ2n) is 4.00. The summed E-state index contributed by atoms with van der Waals surface area (Å²) in [5.41, 5.74) is 1.56. The van der Waals surface area contributed by atoms with Gasteiger partial charge in [0.1, 0.15) is 0 Å². The largest absolute Gasteiger partial charge is 0.383 e. The molecule has 0 amide bonds. The first kappa shape index (κ1) is 11.1. The molecule has 0 radical (unpaired) electrons. The van der Waals surface area contributed by atoms with Crippen molar-refractivity contribution < 1.29 is 4.74 Å². The lowest BCUT2D eigenvalue weighted by Crippen LogP contribution is -2.36. The van der Waals surface area contributed by atoms with Crippen LogP contribution in [0.3, 0.4) is 0 Å². The molecule has 1 aromatic heterocycles. The summed E-state index contributed by atoms with van der Waals surface area (Å²) < 4.78 is 5.17. The number of fused-ring (bicyclic) bond motifs is 1. The van der Waals surface area contributed by atoms with Gasteiger partial charge in [-0.2, -0.15) is 0 Å². The fourth-order valence-corrected chi connectivity index (χ4v) is 3.33. The third-order valence-corrected chi connectivity index (χ3v) is 4.17. The number of hydrogen-bond acceptors (Lipinski definition) is 3. The number of nitrogens with zero attached hydrogens (tertiary/aromatic N) is 1. The monoisotopic (exact) mass is 225 g/mol. The summed E-state index contributed by atoms with van der Waals surface area (Å²) in [5.74, 6) is 0. The predicted molar refractivity (Wildman–Crippen MR) is 64.5 cm³/mol. The molecule has 0 fully saturated rings. The molecule has 2 heterocycles. The van der Waals surface area contributed by atoms with Gasteiger partial charge in [-0.05, 0) is 29.9 Å². The molecule has 0 saturated heterocycles. The first-order chi connectivity index (χ1) is 7.36. The Morgan fingerprint density at radius 1 is 1.60 bits per heavy atom. The molecule has 0 spiro atoms. The maximum absolute atomic E-state index is 5.17. The Balaban J connectivity index is 2.10. The van der Waals surface area contributed by atoms with E-state index in [9.17, 15) is 0 Å². The highest BCUT2D eigenvalue weighted by atomic mass is 32.1. The molecular formula is C12H19NOS. The average Bonchev–Trinajstić information content (AvgIpc) is 2.73. The normalized spacial score (nSPS) is 21.6. The van der Waals surface area contributed by atoms with Crippen molar-refractivity contribution in [1.82, 2.24) is 4.90 Å². The van der Waals surface area contributed by atoms with Crippen molar-refractivity contribution in [2.24, 2.45) is 0 Å². The summed E-state index contributed by atoms with van der Waals surface area (Å²) >= 11 is 1.91. The molecule has 0 unspecified atom stereocenters. The van der Waals surface area contributed by atoms with Gasteiger partial charge in [0.2, 0.25) is 0 Å². The standard InChI is InChI=1S/C12H19NOS/c1-3-11-10-5-9-15-12(10)4-6-13(11)7-8-14-2/h5,9,11H,3-4,6-8H2,1-2H3/t11-/m1/s1. The first-order valence-electron chi connectivity index (χ1n) is 5.66. The van der Waals surface area contributed by atoms with Crippen LogP contribution in [0.15, 0.2) is 11.4 Å². The van der Waals surface area contributed by atoms with Crippen LogP contribution in [0, 0.1) is 0 Å². The Morgan fingerprint density at radius 2 is 2.47 bits per heavy atom. The van der Waals surface area contributed by atoms with Gasteiger partial charge in [-0.15, -0.1) is 11.3 Å². The summed E-state index contributed by atoms with van der Waals surface area (Å²) in [6.45, 7) is 5.37. The summed E-state index contributed by atoms with van der Waals surface area (Å²) in [6, 6.07) is 2.92. The van der Waals surface area contributed by atoms with Crippen molar-refractivity contribution in [3.63, 3.8) is 0 Å². The van der Waals surface area contributed by atoms with Gasteiger partial charge in [0, 0.05) is 31.1 Å². The van der Waals surface area contributed by atoms with Crippen molar-refractivity contribution in [3.8, 4) is 0 Å². The summed E-state index contributed by atoms with van der Waals surface area (Å²) in [6.07, 6.45) is 2.42. The molecule has 2 nitrogen and oxygen atoms in total. The van der Waals surface area contributed by atoms with Crippen molar-refractivity contribution in [3.05, 3.63) is 21.9 Å². The van der Waals surface area contributed by atoms with E-state index in [1.807, 2.05) is 11.3 Å². The maximum Gasteiger partial charge on any atom is 0.0589 e. The van der Waals surface area contributed by atoms with Gasteiger partial charge >= 0.3 is 0 Å². The van der Waals surface area contributed by atoms with Gasteiger partial charge in [-0.3, -0.25) is 4.90 Å². The highest BCUT2D eigenvalue weighted by Crippen LogP contribution is 2.34. The minimum atomic E-state index is 0.621. The van der Waals surface area contributed by atoms with Gasteiger partial charge in [0.25, 0.3) is 0 Å². The molecule has 0 aliphatic carbocycles. The number of thiophene rings is 1. The molecule has 15 heavy (non-hydrogen) atoms. The maximum atomic E-state index is 5.17. The first-order valence-corrected chi connectivity index (χ1v) is 6.54. The molecule has 84 valence electrons. The van der Waals surface area contributed by atoms with E-state index >= 15 is 0 Å². The molecular weight excluding hydrogens is 206 g/mol. The number of rotatable bonds is 4. The van der Waals surface area contributed by atoms with Gasteiger partial charge in [0.05, 0.1) is 6.61 Å². The Morgan fingerprint density at radius 3 is 3.20 bits per heavy atom. The summed E-state index contributed by atoms with van der Waals surface area (Å²) in [5, 5.41) is 2.23. The van der Waals surface area contributed by atoms with Crippen molar-refractivity contribution in [2.45, 2.75) is 25.8 Å². The lowest BCUT2D eigenvalue weighted by molar-refractivity contribution is 0.112. The van der Waals surface area contributed by atoms with Crippen LogP contribution < -0.4 is 0 Å². The second kappa shape index (κ2) is 5.10. The highest BCUT2D eigenvalue weighted by molar-refractivity contribution is 7.10. The van der Waals surface area contributed by atoms with Crippen molar-refractivity contribution in [1.29, 1.82) is 0 Å². The van der Waals surface area contributed by atoms with Crippen LogP contribution in [0.1, 0.15) is 29.8 Å². The van der Waals surface area contributed by atoms with Crippen LogP contribution >= 0.6 is 11.3 Å². The molecule has 1 atom stereocenters. The van der Waals surface area contributed by atoms with E-state index in [2.05, 4.69) is 23.3 Å². The zero-order valence-electron chi connectivity index (χ0n) is 9.53. The van der Waals surface area contributed by atoms with E-state index in [4.69, 9.17) is 4.74 Å². The fraction of sp³-hybridized carbons (Fsp3) is 0.667. The van der Waals surface area contributed by atoms with E-state index in [1.54, 1.807) is 17.6 Å². The van der Waals surface area contributed by atoms with Crippen LogP contribution in [-0.4, -0.2) is 31.7 Å². The zero-order chi connectivity index (χ0) is 10.7. The summed E-state index contributed by atoms with van der Waals surface area (Å²) in [7, 11) is 1.78. The molecule has 1 aromatic rings. The van der Waals surface area contributed by atoms with Gasteiger partial charge in [-0.1, -0.05) is 6.92 Å². The molecule has 0 saturated carbocycles. The minimum absolute atomic E-state index is 0.621. The van der Waals surface area contributed by atoms with E-state index in [0.717, 1.165) is 13.2 Å². The lowest BCUT2D eigenvalue weighted by atomic mass is 9.98. The quantitative estimate of drug-likeness (QED) is 0.781. The summed E-state index contributed by atoms with van der Waals surface area (Å²) in [4.78, 5) is 4.15. The lowest BCUT2D eigenvalue weighted by Gasteiger charge is -2.35. The van der Waals surface area contributed by atoms with Crippen LogP contribution in [0.4, 0.5) is 0 Å². The Kier molecular flexibility index (Phi) is 3.78. The molecule has 1 aliphatic rings. The SMILES string of the molecule is CC[C@@H]1c2ccsc2CCN1CCOC. The predicted octanol–water partition coefficient (Wildman–Crippen LogP) is 2.70. The third-order valence-electron chi connectivity index (χ3n) is 3.18. The van der Waals surface area contributed by atoms with Gasteiger partial charge in [0.15, 0.2) is 0 Å². The number of methoxy groups -OCH3 is 1. The van der Waals surface area contributed by atoms with Crippen molar-refractivity contribution >= 4 is 11.3 Å². The Labute approximate surface area is 95.9 Å². The van der Waals surface area contributed by atoms with E-state index in [-0.39, 0.29) is 0 Å². The fourth-order valence-electron chi connectivity index (χ4n) is 2.40. The van der Waals surface area contributed by atoms with Crippen LogP contribution in [0.25, 0.3) is 0 Å².